The summed E-state index contributed by atoms with van der Waals surface area (Å²) in [5.41, 5.74) is 5.34. The molecular weight excluding hydrogens is 174 g/mol. The van der Waals surface area contributed by atoms with Gasteiger partial charge in [-0.3, -0.25) is 0 Å². The minimum atomic E-state index is -0.434. The highest BCUT2D eigenvalue weighted by molar-refractivity contribution is 6.64. The van der Waals surface area contributed by atoms with Crippen molar-refractivity contribution in [2.24, 2.45) is 5.73 Å². The summed E-state index contributed by atoms with van der Waals surface area (Å²) < 4.78 is 5.49. The van der Waals surface area contributed by atoms with Crippen LogP contribution < -0.4 is 5.73 Å². The van der Waals surface area contributed by atoms with Gasteiger partial charge in [0.25, 0.3) is 9.04 Å². The van der Waals surface area contributed by atoms with Gasteiger partial charge in [-0.25, -0.2) is 0 Å². The molecule has 0 aliphatic rings. The van der Waals surface area contributed by atoms with Gasteiger partial charge in [-0.2, -0.15) is 0 Å². The van der Waals surface area contributed by atoms with Crippen LogP contribution in [0.2, 0.25) is 19.1 Å². The van der Waals surface area contributed by atoms with E-state index in [1.807, 2.05) is 0 Å². The van der Waals surface area contributed by atoms with Crippen LogP contribution in [-0.2, 0) is 4.12 Å². The number of hydrogen-bond acceptors (Lipinski definition) is 2. The molecule has 0 aromatic carbocycles. The molecule has 0 rings (SSSR count). The summed E-state index contributed by atoms with van der Waals surface area (Å²) in [4.78, 5) is 0. The molecule has 0 amide bonds. The summed E-state index contributed by atoms with van der Waals surface area (Å²) in [6.07, 6.45) is 1.16. The predicted molar refractivity (Wildman–Crippen MR) is 48.6 cm³/mol. The van der Waals surface area contributed by atoms with Gasteiger partial charge in [0.2, 0.25) is 0 Å². The van der Waals surface area contributed by atoms with Gasteiger partial charge < -0.3 is 9.85 Å². The van der Waals surface area contributed by atoms with Gasteiger partial charge in [0.15, 0.2) is 8.66 Å². The van der Waals surface area contributed by atoms with Crippen molar-refractivity contribution in [1.82, 2.24) is 0 Å². The summed E-state index contributed by atoms with van der Waals surface area (Å²) >= 11 is 0. The zero-order valence-corrected chi connectivity index (χ0v) is 9.61. The molecule has 0 saturated carbocycles. The van der Waals surface area contributed by atoms with Crippen molar-refractivity contribution >= 4 is 26.1 Å². The van der Waals surface area contributed by atoms with Crippen molar-refractivity contribution < 1.29 is 4.12 Å². The summed E-state index contributed by atoms with van der Waals surface area (Å²) in [6, 6.07) is 1.25. The zero-order valence-electron chi connectivity index (χ0n) is 6.61. The molecule has 0 aliphatic carbocycles. The molecular formula is C5H14NOSi3. The fourth-order valence-corrected chi connectivity index (χ4v) is 5.29. The maximum absolute atomic E-state index is 5.49. The Balaban J connectivity index is 3.14. The Labute approximate surface area is 68.6 Å². The SMILES string of the molecule is C[Si](C)O[Si]#[Si]CCCN. The number of nitrogens with two attached hydrogens (primary N) is 1. The predicted octanol–water partition coefficient (Wildman–Crippen LogP) is 0.260. The lowest BCUT2D eigenvalue weighted by Gasteiger charge is -1.96. The summed E-state index contributed by atoms with van der Waals surface area (Å²) in [5.74, 6) is 0. The van der Waals surface area contributed by atoms with E-state index in [2.05, 4.69) is 13.1 Å². The van der Waals surface area contributed by atoms with Crippen LogP contribution in [0.15, 0.2) is 0 Å². The lowest BCUT2D eigenvalue weighted by atomic mass is 10.5. The third-order valence-electron chi connectivity index (χ3n) is 0.833. The highest BCUT2D eigenvalue weighted by Crippen LogP contribution is 1.78. The Morgan fingerprint density at radius 2 is 2.20 bits per heavy atom. The van der Waals surface area contributed by atoms with Crippen molar-refractivity contribution in [3.63, 3.8) is 0 Å². The molecule has 1 radical (unpaired) electrons. The molecule has 57 valence electrons. The molecule has 0 aliphatic heterocycles. The lowest BCUT2D eigenvalue weighted by molar-refractivity contribution is 0.645. The third kappa shape index (κ3) is 8.41. The topological polar surface area (TPSA) is 35.2 Å². The second kappa shape index (κ2) is 7.52. The Hall–Kier alpha value is 0.411. The van der Waals surface area contributed by atoms with E-state index in [0.717, 1.165) is 30.0 Å². The highest BCUT2D eigenvalue weighted by atomic mass is 28.7. The summed E-state index contributed by atoms with van der Waals surface area (Å²) in [5, 5.41) is 0. The van der Waals surface area contributed by atoms with Crippen LogP contribution in [0.5, 0.6) is 0 Å². The Morgan fingerprint density at radius 1 is 1.50 bits per heavy atom. The average Bonchev–Trinajstić information content (AvgIpc) is 1.87. The maximum atomic E-state index is 5.49. The van der Waals surface area contributed by atoms with Crippen LogP contribution in [0.25, 0.3) is 0 Å². The summed E-state index contributed by atoms with van der Waals surface area (Å²) in [6.45, 7) is 5.17. The van der Waals surface area contributed by atoms with E-state index in [1.165, 1.54) is 6.04 Å². The Kier molecular flexibility index (Phi) is 7.83. The molecule has 0 bridgehead atoms. The van der Waals surface area contributed by atoms with Crippen molar-refractivity contribution in [1.29, 1.82) is 0 Å². The first-order valence-electron chi connectivity index (χ1n) is 3.42. The van der Waals surface area contributed by atoms with Crippen molar-refractivity contribution in [2.75, 3.05) is 6.54 Å². The van der Waals surface area contributed by atoms with E-state index >= 15 is 0 Å². The quantitative estimate of drug-likeness (QED) is 0.509. The molecule has 2 N–H and O–H groups in total. The first kappa shape index (κ1) is 10.4. The van der Waals surface area contributed by atoms with Gasteiger partial charge in [0.05, 0.1) is 0 Å². The smallest absolute Gasteiger partial charge is 0.266 e. The lowest BCUT2D eigenvalue weighted by Crippen LogP contribution is -2.06. The zero-order chi connectivity index (χ0) is 7.82. The molecule has 0 aromatic rings. The molecule has 5 heteroatoms. The molecule has 0 aromatic heterocycles. The second-order valence-electron chi connectivity index (χ2n) is 2.18. The van der Waals surface area contributed by atoms with E-state index in [-0.39, 0.29) is 0 Å². The Morgan fingerprint density at radius 3 is 2.70 bits per heavy atom. The van der Waals surface area contributed by atoms with Gasteiger partial charge in [-0.1, -0.05) is 0 Å². The number of rotatable bonds is 3. The largest absolute Gasteiger partial charge is 0.561 e. The molecule has 0 saturated heterocycles. The van der Waals surface area contributed by atoms with Crippen LogP contribution in [-0.4, -0.2) is 32.7 Å². The van der Waals surface area contributed by atoms with E-state index < -0.39 is 9.04 Å². The van der Waals surface area contributed by atoms with Gasteiger partial charge in [-0.15, -0.1) is 0 Å². The van der Waals surface area contributed by atoms with Crippen LogP contribution in [0.4, 0.5) is 0 Å². The van der Waals surface area contributed by atoms with E-state index in [4.69, 9.17) is 9.85 Å². The maximum Gasteiger partial charge on any atom is 0.266 e. The summed E-state index contributed by atoms with van der Waals surface area (Å²) in [7, 11) is 1.29. The van der Waals surface area contributed by atoms with E-state index in [0.29, 0.717) is 0 Å². The molecule has 0 unspecified atom stereocenters. The minimum Gasteiger partial charge on any atom is -0.561 e. The number of hydrogen-bond donors (Lipinski definition) is 1. The van der Waals surface area contributed by atoms with Gasteiger partial charge >= 0.3 is 0 Å². The van der Waals surface area contributed by atoms with Gasteiger partial charge in [-0.05, 0) is 40.5 Å². The highest BCUT2D eigenvalue weighted by Gasteiger charge is 1.89. The van der Waals surface area contributed by atoms with Crippen LogP contribution >= 0.6 is 0 Å². The first-order chi connectivity index (χ1) is 4.77. The molecule has 2 nitrogen and oxygen atoms in total. The molecule has 10 heavy (non-hydrogen) atoms. The average molecular weight is 188 g/mol. The van der Waals surface area contributed by atoms with Crippen molar-refractivity contribution in [3.8, 4) is 0 Å². The molecule has 0 heterocycles. The first-order valence-corrected chi connectivity index (χ1v) is 8.94. The third-order valence-corrected chi connectivity index (χ3v) is 5.72. The van der Waals surface area contributed by atoms with Crippen LogP contribution in [0.3, 0.4) is 0 Å². The normalized spacial score (nSPS) is 8.80. The second-order valence-corrected chi connectivity index (χ2v) is 7.55. The van der Waals surface area contributed by atoms with Crippen LogP contribution in [0.1, 0.15) is 6.42 Å². The van der Waals surface area contributed by atoms with Gasteiger partial charge in [0, 0.05) is 0 Å². The molecule has 0 atom stereocenters. The minimum absolute atomic E-state index is 0.434. The Bertz CT molecular complexity index is 129. The fraction of sp³-hybridized carbons (Fsp3) is 1.00. The standard InChI is InChI=1S/C5H14NOSi3/c1-10(2)7-9-8-5-3-4-6/h3-6H2,1-2H3. The van der Waals surface area contributed by atoms with E-state index in [9.17, 15) is 0 Å². The van der Waals surface area contributed by atoms with Crippen molar-refractivity contribution in [3.05, 3.63) is 0 Å². The van der Waals surface area contributed by atoms with Gasteiger partial charge in [0.1, 0.15) is 0 Å². The molecule has 0 spiro atoms. The van der Waals surface area contributed by atoms with Crippen LogP contribution in [0, 0.1) is 0 Å². The molecule has 0 fully saturated rings. The fourth-order valence-electron chi connectivity index (χ4n) is 0.380. The van der Waals surface area contributed by atoms with Crippen molar-refractivity contribution in [2.45, 2.75) is 25.6 Å². The monoisotopic (exact) mass is 188 g/mol. The van der Waals surface area contributed by atoms with E-state index in [1.54, 1.807) is 0 Å².